The molecule has 0 amide bonds. The smallest absolute Gasteiger partial charge is 0.168 e. The second kappa shape index (κ2) is 10.6. The monoisotopic (exact) mass is 386 g/mol. The maximum absolute atomic E-state index is 12.2. The molecule has 1 aromatic rings. The molecule has 1 aromatic carbocycles. The van der Waals surface area contributed by atoms with Crippen LogP contribution < -0.4 is 9.47 Å². The first-order chi connectivity index (χ1) is 12.6. The van der Waals surface area contributed by atoms with Crippen molar-refractivity contribution >= 4 is 5.78 Å². The lowest BCUT2D eigenvalue weighted by Gasteiger charge is -2.25. The Balaban J connectivity index is 2.91. The number of aliphatic hydroxyl groups is 5. The number of benzene rings is 1. The van der Waals surface area contributed by atoms with E-state index in [0.29, 0.717) is 17.1 Å². The summed E-state index contributed by atoms with van der Waals surface area (Å²) in [7, 11) is 0. The van der Waals surface area contributed by atoms with E-state index in [2.05, 4.69) is 0 Å². The molecular formula is C19H30O8. The van der Waals surface area contributed by atoms with Crippen molar-refractivity contribution in [3.63, 3.8) is 0 Å². The number of rotatable bonds is 11. The van der Waals surface area contributed by atoms with Crippen LogP contribution in [0.2, 0.25) is 0 Å². The normalized spacial score (nSPS) is 16.1. The summed E-state index contributed by atoms with van der Waals surface area (Å²) >= 11 is 0. The van der Waals surface area contributed by atoms with Gasteiger partial charge in [-0.05, 0) is 45.4 Å². The quantitative estimate of drug-likeness (QED) is 0.353. The summed E-state index contributed by atoms with van der Waals surface area (Å²) in [6.07, 6.45) is -7.76. The third-order valence-electron chi connectivity index (χ3n) is 3.70. The number of ether oxygens (including phenoxy) is 2. The van der Waals surface area contributed by atoms with Gasteiger partial charge in [0.25, 0.3) is 0 Å². The van der Waals surface area contributed by atoms with Gasteiger partial charge < -0.3 is 35.0 Å². The molecule has 0 aliphatic rings. The van der Waals surface area contributed by atoms with Gasteiger partial charge in [0, 0.05) is 6.42 Å². The lowest BCUT2D eigenvalue weighted by atomic mass is 9.96. The number of carbonyl (C=O) groups excluding carboxylic acids is 1. The van der Waals surface area contributed by atoms with Gasteiger partial charge in [-0.3, -0.25) is 4.79 Å². The molecular weight excluding hydrogens is 356 g/mol. The lowest BCUT2D eigenvalue weighted by molar-refractivity contribution is -0.146. The van der Waals surface area contributed by atoms with Crippen LogP contribution in [0.15, 0.2) is 18.2 Å². The molecule has 0 saturated carbocycles. The average molecular weight is 386 g/mol. The van der Waals surface area contributed by atoms with Gasteiger partial charge in [-0.25, -0.2) is 0 Å². The molecule has 0 bridgehead atoms. The van der Waals surface area contributed by atoms with Gasteiger partial charge in [0.2, 0.25) is 0 Å². The SMILES string of the molecule is CC(C)Oc1ccc(CC(=O)[C@H](O)[C@@H](O)[C@H](O)[C@H](O)CO)cc1OC(C)C. The Morgan fingerprint density at radius 2 is 1.48 bits per heavy atom. The summed E-state index contributed by atoms with van der Waals surface area (Å²) in [5, 5.41) is 47.5. The highest BCUT2D eigenvalue weighted by atomic mass is 16.5. The summed E-state index contributed by atoms with van der Waals surface area (Å²) in [6, 6.07) is 4.92. The molecule has 0 saturated heterocycles. The molecule has 0 spiro atoms. The zero-order valence-corrected chi connectivity index (χ0v) is 16.1. The molecule has 0 heterocycles. The van der Waals surface area contributed by atoms with Gasteiger partial charge in [0.1, 0.15) is 24.4 Å². The Bertz CT molecular complexity index is 601. The number of carbonyl (C=O) groups is 1. The number of Topliss-reactive ketones (excluding diaryl/α,β-unsaturated/α-hetero) is 1. The van der Waals surface area contributed by atoms with Crippen LogP contribution in [0, 0.1) is 0 Å². The van der Waals surface area contributed by atoms with Gasteiger partial charge in [0.15, 0.2) is 17.3 Å². The predicted molar refractivity (Wildman–Crippen MR) is 97.8 cm³/mol. The fourth-order valence-electron chi connectivity index (χ4n) is 2.38. The minimum absolute atomic E-state index is 0.0663. The zero-order chi connectivity index (χ0) is 20.7. The Morgan fingerprint density at radius 1 is 0.926 bits per heavy atom. The highest BCUT2D eigenvalue weighted by Crippen LogP contribution is 2.30. The van der Waals surface area contributed by atoms with E-state index in [0.717, 1.165) is 0 Å². The Labute approximate surface area is 159 Å². The Hall–Kier alpha value is -1.71. The van der Waals surface area contributed by atoms with Crippen molar-refractivity contribution in [1.29, 1.82) is 0 Å². The second-order valence-electron chi connectivity index (χ2n) is 6.93. The van der Waals surface area contributed by atoms with Gasteiger partial charge in [-0.2, -0.15) is 0 Å². The van der Waals surface area contributed by atoms with E-state index in [1.165, 1.54) is 0 Å². The number of aliphatic hydroxyl groups excluding tert-OH is 5. The van der Waals surface area contributed by atoms with E-state index >= 15 is 0 Å². The van der Waals surface area contributed by atoms with Crippen LogP contribution in [0.4, 0.5) is 0 Å². The minimum Gasteiger partial charge on any atom is -0.487 e. The first kappa shape index (κ1) is 23.3. The first-order valence-corrected chi connectivity index (χ1v) is 8.88. The third kappa shape index (κ3) is 7.08. The van der Waals surface area contributed by atoms with Crippen molar-refractivity contribution in [2.24, 2.45) is 0 Å². The molecule has 27 heavy (non-hydrogen) atoms. The molecule has 0 aliphatic heterocycles. The molecule has 4 atom stereocenters. The molecule has 0 aromatic heterocycles. The van der Waals surface area contributed by atoms with Crippen molar-refractivity contribution in [2.75, 3.05) is 6.61 Å². The van der Waals surface area contributed by atoms with Gasteiger partial charge in [-0.1, -0.05) is 6.07 Å². The molecule has 0 unspecified atom stereocenters. The first-order valence-electron chi connectivity index (χ1n) is 8.88. The van der Waals surface area contributed by atoms with Crippen LogP contribution in [-0.2, 0) is 11.2 Å². The van der Waals surface area contributed by atoms with Crippen LogP contribution in [0.25, 0.3) is 0 Å². The van der Waals surface area contributed by atoms with E-state index in [1.54, 1.807) is 18.2 Å². The molecule has 8 heteroatoms. The molecule has 8 nitrogen and oxygen atoms in total. The summed E-state index contributed by atoms with van der Waals surface area (Å²) < 4.78 is 11.4. The Kier molecular flexibility index (Phi) is 9.14. The van der Waals surface area contributed by atoms with E-state index in [4.69, 9.17) is 14.6 Å². The number of hydrogen-bond donors (Lipinski definition) is 5. The van der Waals surface area contributed by atoms with Crippen molar-refractivity contribution in [2.45, 2.75) is 70.7 Å². The summed E-state index contributed by atoms with van der Waals surface area (Å²) in [6.45, 7) is 6.64. The second-order valence-corrected chi connectivity index (χ2v) is 6.93. The van der Waals surface area contributed by atoms with E-state index < -0.39 is 36.8 Å². The van der Waals surface area contributed by atoms with Crippen molar-refractivity contribution in [3.8, 4) is 11.5 Å². The van der Waals surface area contributed by atoms with Crippen LogP contribution in [-0.4, -0.2) is 74.5 Å². The Morgan fingerprint density at radius 3 is 2.00 bits per heavy atom. The highest BCUT2D eigenvalue weighted by Gasteiger charge is 2.33. The van der Waals surface area contributed by atoms with Crippen LogP contribution in [0.1, 0.15) is 33.3 Å². The maximum atomic E-state index is 12.2. The van der Waals surface area contributed by atoms with Gasteiger partial charge in [-0.15, -0.1) is 0 Å². The van der Waals surface area contributed by atoms with Gasteiger partial charge in [0.05, 0.1) is 18.8 Å². The van der Waals surface area contributed by atoms with Crippen molar-refractivity contribution < 1.29 is 39.8 Å². The zero-order valence-electron chi connectivity index (χ0n) is 16.1. The minimum atomic E-state index is -1.92. The maximum Gasteiger partial charge on any atom is 0.168 e. The fraction of sp³-hybridized carbons (Fsp3) is 0.632. The van der Waals surface area contributed by atoms with Crippen molar-refractivity contribution in [3.05, 3.63) is 23.8 Å². The van der Waals surface area contributed by atoms with Crippen molar-refractivity contribution in [1.82, 2.24) is 0 Å². The van der Waals surface area contributed by atoms with E-state index in [1.807, 2.05) is 27.7 Å². The average Bonchev–Trinajstić information content (AvgIpc) is 2.60. The molecule has 154 valence electrons. The van der Waals surface area contributed by atoms with Gasteiger partial charge >= 0.3 is 0 Å². The molecule has 0 radical (unpaired) electrons. The fourth-order valence-corrected chi connectivity index (χ4v) is 2.38. The molecule has 1 rings (SSSR count). The standard InChI is InChI=1S/C19H30O8/c1-10(2)26-15-6-5-12(8-16(15)27-11(3)4)7-13(21)17(23)19(25)18(24)14(22)9-20/h5-6,8,10-11,14,17-20,22-25H,7,9H2,1-4H3/t14-,17+,18-,19-/m1/s1. The molecule has 0 fully saturated rings. The molecule has 5 N–H and O–H groups in total. The number of hydrogen-bond acceptors (Lipinski definition) is 8. The van der Waals surface area contributed by atoms with E-state index in [-0.39, 0.29) is 18.6 Å². The third-order valence-corrected chi connectivity index (χ3v) is 3.70. The largest absolute Gasteiger partial charge is 0.487 e. The van der Waals surface area contributed by atoms with Crippen LogP contribution in [0.5, 0.6) is 11.5 Å². The number of ketones is 1. The summed E-state index contributed by atoms with van der Waals surface area (Å²) in [5.41, 5.74) is 0.523. The summed E-state index contributed by atoms with van der Waals surface area (Å²) in [4.78, 5) is 12.2. The summed E-state index contributed by atoms with van der Waals surface area (Å²) in [5.74, 6) is 0.228. The van der Waals surface area contributed by atoms with E-state index in [9.17, 15) is 25.2 Å². The highest BCUT2D eigenvalue weighted by molar-refractivity contribution is 5.85. The van der Waals surface area contributed by atoms with Crippen LogP contribution in [0.3, 0.4) is 0 Å². The lowest BCUT2D eigenvalue weighted by Crippen LogP contribution is -2.49. The van der Waals surface area contributed by atoms with Crippen LogP contribution >= 0.6 is 0 Å². The topological polar surface area (TPSA) is 137 Å². The molecule has 0 aliphatic carbocycles. The predicted octanol–water partition coefficient (Wildman–Crippen LogP) is -0.192.